The van der Waals surface area contributed by atoms with Crippen molar-refractivity contribution in [3.63, 3.8) is 0 Å². The zero-order chi connectivity index (χ0) is 18.5. The second-order valence-electron chi connectivity index (χ2n) is 5.84. The van der Waals surface area contributed by atoms with Crippen LogP contribution in [0.25, 0.3) is 11.0 Å². The molecule has 0 atom stereocenters. The Hall–Kier alpha value is -3.80. The van der Waals surface area contributed by atoms with Crippen LogP contribution in [0.1, 0.15) is 16.1 Å². The maximum Gasteiger partial charge on any atom is 0.271 e. The van der Waals surface area contributed by atoms with Crippen LogP contribution >= 0.6 is 0 Å². The molecule has 0 unspecified atom stereocenters. The van der Waals surface area contributed by atoms with Gasteiger partial charge in [0.25, 0.3) is 5.91 Å². The number of nitrogens with zero attached hydrogens (tertiary/aromatic N) is 3. The molecule has 0 saturated heterocycles. The number of amides is 1. The molecule has 4 aromatic rings. The first-order valence-electron chi connectivity index (χ1n) is 8.46. The zero-order valence-electron chi connectivity index (χ0n) is 14.4. The average Bonchev–Trinajstić information content (AvgIpc) is 2.73. The molecule has 0 bridgehead atoms. The molecule has 27 heavy (non-hydrogen) atoms. The molecular weight excluding hydrogens is 340 g/mol. The lowest BCUT2D eigenvalue weighted by Crippen LogP contribution is -2.24. The zero-order valence-corrected chi connectivity index (χ0v) is 14.4. The lowest BCUT2D eigenvalue weighted by atomic mass is 10.2. The number of fused-ring (bicyclic) bond motifs is 1. The summed E-state index contributed by atoms with van der Waals surface area (Å²) in [5.74, 6) is 0.903. The van der Waals surface area contributed by atoms with Crippen LogP contribution in [0.3, 0.4) is 0 Å². The van der Waals surface area contributed by atoms with Gasteiger partial charge in [-0.1, -0.05) is 30.3 Å². The molecule has 6 heteroatoms. The van der Waals surface area contributed by atoms with E-state index in [1.54, 1.807) is 12.3 Å². The summed E-state index contributed by atoms with van der Waals surface area (Å²) in [6.07, 6.45) is 3.16. The minimum atomic E-state index is -0.274. The number of aromatic nitrogens is 3. The number of benzene rings is 2. The molecule has 1 amide bonds. The third kappa shape index (κ3) is 4.07. The van der Waals surface area contributed by atoms with E-state index in [9.17, 15) is 4.79 Å². The Bertz CT molecular complexity index is 1080. The highest BCUT2D eigenvalue weighted by molar-refractivity contribution is 5.93. The normalized spacial score (nSPS) is 10.5. The number of ether oxygens (including phenoxy) is 1. The van der Waals surface area contributed by atoms with Crippen molar-refractivity contribution >= 4 is 16.9 Å². The number of hydrogen-bond acceptors (Lipinski definition) is 5. The molecule has 0 spiro atoms. The molecule has 0 aliphatic carbocycles. The highest BCUT2D eigenvalue weighted by Crippen LogP contribution is 2.20. The van der Waals surface area contributed by atoms with Crippen molar-refractivity contribution < 1.29 is 9.53 Å². The lowest BCUT2D eigenvalue weighted by Gasteiger charge is -2.08. The summed E-state index contributed by atoms with van der Waals surface area (Å²) in [4.78, 5) is 25.1. The van der Waals surface area contributed by atoms with Crippen molar-refractivity contribution in [3.8, 4) is 11.6 Å². The standard InChI is InChI=1S/C21H16N4O2/c26-21(19-14-23-17-8-1-2-9-18(17)25-19)24-13-15-6-5-7-16(12-15)27-20-10-3-4-11-22-20/h1-12,14H,13H2,(H,24,26). The monoisotopic (exact) mass is 356 g/mol. The maximum atomic E-state index is 12.4. The molecule has 0 aliphatic heterocycles. The third-order valence-electron chi connectivity index (χ3n) is 3.89. The Balaban J connectivity index is 1.43. The van der Waals surface area contributed by atoms with E-state index in [0.717, 1.165) is 11.1 Å². The van der Waals surface area contributed by atoms with Gasteiger partial charge in [-0.25, -0.2) is 9.97 Å². The van der Waals surface area contributed by atoms with Crippen molar-refractivity contribution in [2.45, 2.75) is 6.54 Å². The second-order valence-corrected chi connectivity index (χ2v) is 5.84. The number of pyridine rings is 1. The topological polar surface area (TPSA) is 77.0 Å². The van der Waals surface area contributed by atoms with Crippen molar-refractivity contribution in [3.05, 3.63) is 90.4 Å². The number of para-hydroxylation sites is 2. The predicted octanol–water partition coefficient (Wildman–Crippen LogP) is 3.75. The largest absolute Gasteiger partial charge is 0.439 e. The minimum Gasteiger partial charge on any atom is -0.439 e. The summed E-state index contributed by atoms with van der Waals surface area (Å²) in [6.45, 7) is 0.354. The number of rotatable bonds is 5. The quantitative estimate of drug-likeness (QED) is 0.589. The summed E-state index contributed by atoms with van der Waals surface area (Å²) < 4.78 is 5.71. The minimum absolute atomic E-state index is 0.274. The van der Waals surface area contributed by atoms with Crippen LogP contribution in [0.15, 0.2) is 79.1 Å². The van der Waals surface area contributed by atoms with Gasteiger partial charge >= 0.3 is 0 Å². The van der Waals surface area contributed by atoms with E-state index in [2.05, 4.69) is 20.3 Å². The third-order valence-corrected chi connectivity index (χ3v) is 3.89. The summed E-state index contributed by atoms with van der Waals surface area (Å²) in [6, 6.07) is 20.4. The molecule has 0 fully saturated rings. The van der Waals surface area contributed by atoms with Crippen molar-refractivity contribution in [2.75, 3.05) is 0 Å². The van der Waals surface area contributed by atoms with E-state index in [4.69, 9.17) is 4.74 Å². The molecule has 132 valence electrons. The highest BCUT2D eigenvalue weighted by atomic mass is 16.5. The van der Waals surface area contributed by atoms with Crippen molar-refractivity contribution in [2.24, 2.45) is 0 Å². The molecule has 0 radical (unpaired) electrons. The fourth-order valence-corrected chi connectivity index (χ4v) is 2.59. The summed E-state index contributed by atoms with van der Waals surface area (Å²) >= 11 is 0. The maximum absolute atomic E-state index is 12.4. The number of carbonyl (C=O) groups is 1. The summed E-state index contributed by atoms with van der Waals surface area (Å²) in [7, 11) is 0. The van der Waals surface area contributed by atoms with Crippen LogP contribution in [0.4, 0.5) is 0 Å². The Labute approximate surface area is 155 Å². The van der Waals surface area contributed by atoms with Gasteiger partial charge in [0.05, 0.1) is 17.2 Å². The van der Waals surface area contributed by atoms with Crippen LogP contribution in [0.5, 0.6) is 11.6 Å². The van der Waals surface area contributed by atoms with E-state index in [0.29, 0.717) is 23.7 Å². The highest BCUT2D eigenvalue weighted by Gasteiger charge is 2.09. The molecule has 2 aromatic carbocycles. The van der Waals surface area contributed by atoms with Crippen LogP contribution in [0, 0.1) is 0 Å². The predicted molar refractivity (Wildman–Crippen MR) is 101 cm³/mol. The average molecular weight is 356 g/mol. The Morgan fingerprint density at radius 1 is 0.926 bits per heavy atom. The molecule has 4 rings (SSSR count). The van der Waals surface area contributed by atoms with Gasteiger partial charge in [0.2, 0.25) is 5.88 Å². The van der Waals surface area contributed by atoms with Gasteiger partial charge in [-0.15, -0.1) is 0 Å². The molecular formula is C21H16N4O2. The van der Waals surface area contributed by atoms with Gasteiger partial charge in [0.15, 0.2) is 0 Å². The van der Waals surface area contributed by atoms with Gasteiger partial charge in [0, 0.05) is 18.8 Å². The van der Waals surface area contributed by atoms with Crippen LogP contribution in [-0.2, 0) is 6.54 Å². The van der Waals surface area contributed by atoms with Crippen molar-refractivity contribution in [1.29, 1.82) is 0 Å². The van der Waals surface area contributed by atoms with Gasteiger partial charge in [0.1, 0.15) is 11.4 Å². The lowest BCUT2D eigenvalue weighted by molar-refractivity contribution is 0.0946. The Morgan fingerprint density at radius 2 is 1.78 bits per heavy atom. The first-order valence-corrected chi connectivity index (χ1v) is 8.46. The van der Waals surface area contributed by atoms with E-state index >= 15 is 0 Å². The fraction of sp³-hybridized carbons (Fsp3) is 0.0476. The molecule has 2 aromatic heterocycles. The van der Waals surface area contributed by atoms with Crippen molar-refractivity contribution in [1.82, 2.24) is 20.3 Å². The number of nitrogens with one attached hydrogen (secondary N) is 1. The van der Waals surface area contributed by atoms with E-state index in [1.807, 2.05) is 60.7 Å². The summed E-state index contributed by atoms with van der Waals surface area (Å²) in [5.41, 5.74) is 2.64. The molecule has 2 heterocycles. The molecule has 6 nitrogen and oxygen atoms in total. The van der Waals surface area contributed by atoms with Gasteiger partial charge in [-0.2, -0.15) is 0 Å². The molecule has 1 N–H and O–H groups in total. The van der Waals surface area contributed by atoms with E-state index in [1.165, 1.54) is 6.20 Å². The van der Waals surface area contributed by atoms with Crippen LogP contribution in [-0.4, -0.2) is 20.9 Å². The van der Waals surface area contributed by atoms with Gasteiger partial charge in [-0.05, 0) is 35.9 Å². The van der Waals surface area contributed by atoms with Gasteiger partial charge < -0.3 is 10.1 Å². The smallest absolute Gasteiger partial charge is 0.271 e. The first kappa shape index (κ1) is 16.7. The SMILES string of the molecule is O=C(NCc1cccc(Oc2ccccn2)c1)c1cnc2ccccc2n1. The number of hydrogen-bond donors (Lipinski definition) is 1. The van der Waals surface area contributed by atoms with Crippen LogP contribution in [0.2, 0.25) is 0 Å². The fourth-order valence-electron chi connectivity index (χ4n) is 2.59. The van der Waals surface area contributed by atoms with Crippen LogP contribution < -0.4 is 10.1 Å². The Morgan fingerprint density at radius 3 is 2.63 bits per heavy atom. The van der Waals surface area contributed by atoms with E-state index in [-0.39, 0.29) is 11.6 Å². The Kier molecular flexibility index (Phi) is 4.70. The molecule has 0 saturated carbocycles. The first-order chi connectivity index (χ1) is 13.3. The molecule has 0 aliphatic rings. The number of carbonyl (C=O) groups excluding carboxylic acids is 1. The van der Waals surface area contributed by atoms with E-state index < -0.39 is 0 Å². The second kappa shape index (κ2) is 7.61. The van der Waals surface area contributed by atoms with Gasteiger partial charge in [-0.3, -0.25) is 9.78 Å². The summed E-state index contributed by atoms with van der Waals surface area (Å²) in [5, 5.41) is 2.86.